The fourth-order valence-electron chi connectivity index (χ4n) is 1.96. The van der Waals surface area contributed by atoms with Crippen molar-refractivity contribution >= 4 is 17.0 Å². The van der Waals surface area contributed by atoms with Gasteiger partial charge in [-0.15, -0.1) is 0 Å². The summed E-state index contributed by atoms with van der Waals surface area (Å²) in [6, 6.07) is 6.20. The summed E-state index contributed by atoms with van der Waals surface area (Å²) in [6.07, 6.45) is 1.58. The quantitative estimate of drug-likeness (QED) is 0.878. The van der Waals surface area contributed by atoms with Crippen molar-refractivity contribution in [1.82, 2.24) is 9.55 Å². The van der Waals surface area contributed by atoms with Crippen LogP contribution >= 0.6 is 0 Å². The van der Waals surface area contributed by atoms with Gasteiger partial charge >= 0.3 is 5.97 Å². The topological polar surface area (TPSA) is 55.1 Å². The van der Waals surface area contributed by atoms with Crippen molar-refractivity contribution in [2.45, 2.75) is 26.2 Å². The fraction of sp³-hybridized carbons (Fsp3) is 0.385. The van der Waals surface area contributed by atoms with E-state index in [9.17, 15) is 4.79 Å². The third-order valence-electron chi connectivity index (χ3n) is 3.01. The SMILES string of the molecule is CCc1ccc2c(c1)nc(CCC(=O)O)n2C. The minimum Gasteiger partial charge on any atom is -0.481 e. The summed E-state index contributed by atoms with van der Waals surface area (Å²) in [5.74, 6) is 0.0435. The number of hydrogen-bond acceptors (Lipinski definition) is 2. The van der Waals surface area contributed by atoms with Crippen LogP contribution in [0.5, 0.6) is 0 Å². The minimum atomic E-state index is -0.786. The lowest BCUT2D eigenvalue weighted by Crippen LogP contribution is -2.03. The van der Waals surface area contributed by atoms with E-state index in [1.54, 1.807) is 0 Å². The second kappa shape index (κ2) is 4.57. The normalized spacial score (nSPS) is 10.9. The van der Waals surface area contributed by atoms with E-state index in [2.05, 4.69) is 24.0 Å². The molecule has 0 spiro atoms. The molecule has 0 fully saturated rings. The molecule has 0 aliphatic carbocycles. The average Bonchev–Trinajstić information content (AvgIpc) is 2.63. The number of rotatable bonds is 4. The van der Waals surface area contributed by atoms with E-state index < -0.39 is 5.97 Å². The number of aliphatic carboxylic acids is 1. The van der Waals surface area contributed by atoms with Crippen LogP contribution in [0.4, 0.5) is 0 Å². The van der Waals surface area contributed by atoms with E-state index in [1.165, 1.54) is 5.56 Å². The van der Waals surface area contributed by atoms with Gasteiger partial charge in [0.15, 0.2) is 0 Å². The molecule has 2 aromatic rings. The Morgan fingerprint density at radius 3 is 2.88 bits per heavy atom. The first kappa shape index (κ1) is 11.6. The summed E-state index contributed by atoms with van der Waals surface area (Å²) >= 11 is 0. The van der Waals surface area contributed by atoms with Gasteiger partial charge in [0.1, 0.15) is 5.82 Å². The lowest BCUT2D eigenvalue weighted by atomic mass is 10.1. The highest BCUT2D eigenvalue weighted by Crippen LogP contribution is 2.18. The smallest absolute Gasteiger partial charge is 0.303 e. The van der Waals surface area contributed by atoms with Crippen molar-refractivity contribution in [2.75, 3.05) is 0 Å². The van der Waals surface area contributed by atoms with Gasteiger partial charge in [0.2, 0.25) is 0 Å². The Hall–Kier alpha value is -1.84. The summed E-state index contributed by atoms with van der Waals surface area (Å²) in [4.78, 5) is 15.1. The van der Waals surface area contributed by atoms with E-state index in [1.807, 2.05) is 17.7 Å². The molecule has 0 atom stereocenters. The molecule has 0 bridgehead atoms. The van der Waals surface area contributed by atoms with Crippen LogP contribution in [0.3, 0.4) is 0 Å². The maximum atomic E-state index is 10.6. The molecule has 1 aromatic carbocycles. The van der Waals surface area contributed by atoms with Crippen LogP contribution in [-0.4, -0.2) is 20.6 Å². The number of aromatic nitrogens is 2. The van der Waals surface area contributed by atoms with Crippen LogP contribution < -0.4 is 0 Å². The van der Waals surface area contributed by atoms with Crippen LogP contribution in [0.1, 0.15) is 24.7 Å². The van der Waals surface area contributed by atoms with Crippen LogP contribution in [0.15, 0.2) is 18.2 Å². The Morgan fingerprint density at radius 1 is 1.47 bits per heavy atom. The van der Waals surface area contributed by atoms with Gasteiger partial charge in [0, 0.05) is 13.5 Å². The molecule has 0 aliphatic rings. The van der Waals surface area contributed by atoms with Gasteiger partial charge in [-0.25, -0.2) is 4.98 Å². The van der Waals surface area contributed by atoms with Gasteiger partial charge in [0.05, 0.1) is 17.5 Å². The molecule has 4 heteroatoms. The number of carbonyl (C=O) groups is 1. The van der Waals surface area contributed by atoms with Crippen molar-refractivity contribution in [2.24, 2.45) is 7.05 Å². The number of fused-ring (bicyclic) bond motifs is 1. The van der Waals surface area contributed by atoms with Crippen molar-refractivity contribution in [3.8, 4) is 0 Å². The molecule has 90 valence electrons. The number of hydrogen-bond donors (Lipinski definition) is 1. The van der Waals surface area contributed by atoms with Crippen LogP contribution in [-0.2, 0) is 24.7 Å². The third-order valence-corrected chi connectivity index (χ3v) is 3.01. The molecule has 1 aromatic heterocycles. The molecule has 0 amide bonds. The highest BCUT2D eigenvalue weighted by atomic mass is 16.4. The predicted octanol–water partition coefficient (Wildman–Crippen LogP) is 2.15. The number of benzene rings is 1. The third kappa shape index (κ3) is 2.30. The van der Waals surface area contributed by atoms with Gasteiger partial charge < -0.3 is 9.67 Å². The Balaban J connectivity index is 2.38. The molecular weight excluding hydrogens is 216 g/mol. The van der Waals surface area contributed by atoms with E-state index in [4.69, 9.17) is 5.11 Å². The minimum absolute atomic E-state index is 0.123. The van der Waals surface area contributed by atoms with Gasteiger partial charge in [-0.1, -0.05) is 13.0 Å². The maximum Gasteiger partial charge on any atom is 0.303 e. The van der Waals surface area contributed by atoms with Gasteiger partial charge in [-0.05, 0) is 24.1 Å². The van der Waals surface area contributed by atoms with Crippen molar-refractivity contribution < 1.29 is 9.90 Å². The zero-order valence-corrected chi connectivity index (χ0v) is 10.1. The Morgan fingerprint density at radius 2 is 2.24 bits per heavy atom. The maximum absolute atomic E-state index is 10.6. The van der Waals surface area contributed by atoms with E-state index >= 15 is 0 Å². The fourth-order valence-corrected chi connectivity index (χ4v) is 1.96. The van der Waals surface area contributed by atoms with Crippen molar-refractivity contribution in [1.29, 1.82) is 0 Å². The summed E-state index contributed by atoms with van der Waals surface area (Å²) in [6.45, 7) is 2.11. The molecule has 0 radical (unpaired) electrons. The molecule has 0 aliphatic heterocycles. The summed E-state index contributed by atoms with van der Waals surface area (Å²) < 4.78 is 1.97. The van der Waals surface area contributed by atoms with Crippen molar-refractivity contribution in [3.63, 3.8) is 0 Å². The molecule has 2 rings (SSSR count). The molecule has 0 saturated heterocycles. The number of carboxylic acids is 1. The van der Waals surface area contributed by atoms with Crippen LogP contribution in [0, 0.1) is 0 Å². The summed E-state index contributed by atoms with van der Waals surface area (Å²) in [5.41, 5.74) is 3.26. The number of aryl methyl sites for hydroxylation is 3. The Labute approximate surface area is 99.9 Å². The Kier molecular flexibility index (Phi) is 3.13. The second-order valence-electron chi connectivity index (χ2n) is 4.16. The largest absolute Gasteiger partial charge is 0.481 e. The van der Waals surface area contributed by atoms with Gasteiger partial charge in [0.25, 0.3) is 0 Å². The average molecular weight is 232 g/mol. The molecule has 1 heterocycles. The van der Waals surface area contributed by atoms with Gasteiger partial charge in [-0.2, -0.15) is 0 Å². The molecule has 1 N–H and O–H groups in total. The lowest BCUT2D eigenvalue weighted by molar-refractivity contribution is -0.137. The highest BCUT2D eigenvalue weighted by Gasteiger charge is 2.09. The molecule has 0 unspecified atom stereocenters. The van der Waals surface area contributed by atoms with Crippen LogP contribution in [0.25, 0.3) is 11.0 Å². The monoisotopic (exact) mass is 232 g/mol. The first-order valence-electron chi connectivity index (χ1n) is 5.78. The number of nitrogens with zero attached hydrogens (tertiary/aromatic N) is 2. The van der Waals surface area contributed by atoms with E-state index in [-0.39, 0.29) is 6.42 Å². The Bertz CT molecular complexity index is 558. The summed E-state index contributed by atoms with van der Waals surface area (Å²) in [7, 11) is 1.93. The first-order valence-corrected chi connectivity index (χ1v) is 5.78. The summed E-state index contributed by atoms with van der Waals surface area (Å²) in [5, 5.41) is 8.69. The van der Waals surface area contributed by atoms with Crippen LogP contribution in [0.2, 0.25) is 0 Å². The van der Waals surface area contributed by atoms with E-state index in [0.717, 1.165) is 23.3 Å². The number of carboxylic acid groups (broad SMARTS) is 1. The second-order valence-corrected chi connectivity index (χ2v) is 4.16. The zero-order valence-electron chi connectivity index (χ0n) is 10.1. The van der Waals surface area contributed by atoms with Crippen molar-refractivity contribution in [3.05, 3.63) is 29.6 Å². The van der Waals surface area contributed by atoms with E-state index in [0.29, 0.717) is 6.42 Å². The molecule has 4 nitrogen and oxygen atoms in total. The predicted molar refractivity (Wildman–Crippen MR) is 66.0 cm³/mol. The first-order chi connectivity index (χ1) is 8.11. The standard InChI is InChI=1S/C13H16N2O2/c1-3-9-4-5-11-10(8-9)14-12(15(11)2)6-7-13(16)17/h4-5,8H,3,6-7H2,1-2H3,(H,16,17). The molecule has 0 saturated carbocycles. The molecule has 17 heavy (non-hydrogen) atoms. The van der Waals surface area contributed by atoms with Gasteiger partial charge in [-0.3, -0.25) is 4.79 Å². The molecular formula is C13H16N2O2. The zero-order chi connectivity index (χ0) is 12.4. The number of imidazole rings is 1. The lowest BCUT2D eigenvalue weighted by Gasteiger charge is -2.00. The highest BCUT2D eigenvalue weighted by molar-refractivity contribution is 5.77.